The van der Waals surface area contributed by atoms with Crippen LogP contribution in [0.4, 0.5) is 11.6 Å². The maximum Gasteiger partial charge on any atom is 0.171 e. The van der Waals surface area contributed by atoms with Gasteiger partial charge >= 0.3 is 0 Å². The van der Waals surface area contributed by atoms with E-state index in [9.17, 15) is 0 Å². The van der Waals surface area contributed by atoms with Gasteiger partial charge in [0, 0.05) is 25.0 Å². The van der Waals surface area contributed by atoms with Gasteiger partial charge in [-0.05, 0) is 25.7 Å². The third-order valence-electron chi connectivity index (χ3n) is 3.23. The predicted molar refractivity (Wildman–Crippen MR) is 66.3 cm³/mol. The molecule has 1 atom stereocenters. The van der Waals surface area contributed by atoms with E-state index in [1.165, 1.54) is 32.1 Å². The summed E-state index contributed by atoms with van der Waals surface area (Å²) in [5.41, 5.74) is 5.89. The quantitative estimate of drug-likeness (QED) is 0.848. The molecule has 0 bridgehead atoms. The first-order valence-electron chi connectivity index (χ1n) is 6.16. The van der Waals surface area contributed by atoms with Crippen LogP contribution in [-0.2, 0) is 0 Å². The van der Waals surface area contributed by atoms with Crippen molar-refractivity contribution in [3.63, 3.8) is 0 Å². The highest BCUT2D eigenvalue weighted by Crippen LogP contribution is 2.28. The maximum absolute atomic E-state index is 5.89. The van der Waals surface area contributed by atoms with Crippen LogP contribution in [0.1, 0.15) is 39.0 Å². The molecule has 1 fully saturated rings. The summed E-state index contributed by atoms with van der Waals surface area (Å²) in [5, 5.41) is 0. The predicted octanol–water partition coefficient (Wildman–Crippen LogP) is 2.22. The minimum Gasteiger partial charge on any atom is -0.381 e. The molecule has 1 saturated heterocycles. The Balaban J connectivity index is 2.19. The fourth-order valence-electron chi connectivity index (χ4n) is 2.48. The Morgan fingerprint density at radius 1 is 1.38 bits per heavy atom. The third kappa shape index (κ3) is 2.26. The molecular weight excluding hydrogens is 200 g/mol. The lowest BCUT2D eigenvalue weighted by atomic mass is 9.98. The van der Waals surface area contributed by atoms with Crippen LogP contribution in [0.5, 0.6) is 0 Å². The molecule has 0 amide bonds. The van der Waals surface area contributed by atoms with Gasteiger partial charge in [0.15, 0.2) is 11.6 Å². The molecule has 16 heavy (non-hydrogen) atoms. The number of piperidine rings is 1. The summed E-state index contributed by atoms with van der Waals surface area (Å²) in [7, 11) is 0. The Labute approximate surface area is 96.9 Å². The van der Waals surface area contributed by atoms with Gasteiger partial charge in [0.25, 0.3) is 0 Å². The Hall–Kier alpha value is -1.32. The van der Waals surface area contributed by atoms with Gasteiger partial charge in [0.1, 0.15) is 0 Å². The van der Waals surface area contributed by atoms with E-state index in [1.54, 1.807) is 12.4 Å². The van der Waals surface area contributed by atoms with Gasteiger partial charge in [-0.1, -0.05) is 13.3 Å². The standard InChI is InChI=1S/C12H20N4/c1-2-5-10-6-3-4-9-16(10)12-11(13)14-7-8-15-12/h7-8,10H,2-6,9H2,1H3,(H2,13,14). The zero-order valence-corrected chi connectivity index (χ0v) is 9.89. The van der Waals surface area contributed by atoms with Crippen LogP contribution < -0.4 is 10.6 Å². The van der Waals surface area contributed by atoms with E-state index in [0.717, 1.165) is 12.4 Å². The minimum atomic E-state index is 0.561. The van der Waals surface area contributed by atoms with Crippen molar-refractivity contribution in [2.75, 3.05) is 17.2 Å². The van der Waals surface area contributed by atoms with Gasteiger partial charge < -0.3 is 10.6 Å². The van der Waals surface area contributed by atoms with Crippen molar-refractivity contribution in [2.24, 2.45) is 0 Å². The summed E-state index contributed by atoms with van der Waals surface area (Å²) in [6.07, 6.45) is 9.61. The summed E-state index contributed by atoms with van der Waals surface area (Å²) in [4.78, 5) is 10.8. The molecule has 0 aromatic carbocycles. The Kier molecular flexibility index (Phi) is 3.59. The van der Waals surface area contributed by atoms with E-state index in [0.29, 0.717) is 11.9 Å². The third-order valence-corrected chi connectivity index (χ3v) is 3.23. The van der Waals surface area contributed by atoms with Crippen molar-refractivity contribution in [3.8, 4) is 0 Å². The molecule has 88 valence electrons. The van der Waals surface area contributed by atoms with E-state index < -0.39 is 0 Å². The molecule has 1 aromatic heterocycles. The summed E-state index contributed by atoms with van der Waals surface area (Å²) in [5.74, 6) is 1.44. The molecule has 1 aromatic rings. The topological polar surface area (TPSA) is 55.0 Å². The van der Waals surface area contributed by atoms with Crippen LogP contribution >= 0.6 is 0 Å². The first-order valence-corrected chi connectivity index (χ1v) is 6.16. The van der Waals surface area contributed by atoms with Crippen molar-refractivity contribution in [2.45, 2.75) is 45.1 Å². The van der Waals surface area contributed by atoms with E-state index >= 15 is 0 Å². The fourth-order valence-corrected chi connectivity index (χ4v) is 2.48. The normalized spacial score (nSPS) is 21.1. The van der Waals surface area contributed by atoms with Crippen LogP contribution in [0, 0.1) is 0 Å². The minimum absolute atomic E-state index is 0.561. The van der Waals surface area contributed by atoms with Crippen LogP contribution in [0.2, 0.25) is 0 Å². The number of aromatic nitrogens is 2. The largest absolute Gasteiger partial charge is 0.381 e. The summed E-state index contributed by atoms with van der Waals surface area (Å²) in [6, 6.07) is 0.595. The number of nitrogens with two attached hydrogens (primary N) is 1. The van der Waals surface area contributed by atoms with Crippen molar-refractivity contribution in [1.29, 1.82) is 0 Å². The second-order valence-corrected chi connectivity index (χ2v) is 4.40. The maximum atomic E-state index is 5.89. The number of anilines is 2. The second-order valence-electron chi connectivity index (χ2n) is 4.40. The van der Waals surface area contributed by atoms with Crippen molar-refractivity contribution < 1.29 is 0 Å². The van der Waals surface area contributed by atoms with Crippen molar-refractivity contribution >= 4 is 11.6 Å². The van der Waals surface area contributed by atoms with Gasteiger partial charge in [-0.2, -0.15) is 0 Å². The van der Waals surface area contributed by atoms with E-state index in [2.05, 4.69) is 21.8 Å². The summed E-state index contributed by atoms with van der Waals surface area (Å²) >= 11 is 0. The molecule has 2 N–H and O–H groups in total. The smallest absolute Gasteiger partial charge is 0.171 e. The molecule has 2 rings (SSSR count). The molecule has 1 unspecified atom stereocenters. The number of nitrogens with zero attached hydrogens (tertiary/aromatic N) is 3. The molecule has 4 nitrogen and oxygen atoms in total. The van der Waals surface area contributed by atoms with E-state index in [4.69, 9.17) is 5.73 Å². The first-order chi connectivity index (χ1) is 7.83. The molecular formula is C12H20N4. The van der Waals surface area contributed by atoms with Crippen LogP contribution in [-0.4, -0.2) is 22.6 Å². The highest BCUT2D eigenvalue weighted by Gasteiger charge is 2.24. The first kappa shape index (κ1) is 11.2. The number of nitrogen functional groups attached to an aromatic ring is 1. The van der Waals surface area contributed by atoms with Crippen LogP contribution in [0.25, 0.3) is 0 Å². The van der Waals surface area contributed by atoms with Crippen molar-refractivity contribution in [3.05, 3.63) is 12.4 Å². The van der Waals surface area contributed by atoms with Gasteiger partial charge in [-0.15, -0.1) is 0 Å². The molecule has 0 spiro atoms. The van der Waals surface area contributed by atoms with Crippen LogP contribution in [0.15, 0.2) is 12.4 Å². The van der Waals surface area contributed by atoms with E-state index in [-0.39, 0.29) is 0 Å². The summed E-state index contributed by atoms with van der Waals surface area (Å²) < 4.78 is 0. The van der Waals surface area contributed by atoms with Gasteiger partial charge in [0.05, 0.1) is 0 Å². The average molecular weight is 220 g/mol. The Morgan fingerprint density at radius 3 is 2.94 bits per heavy atom. The molecule has 1 aliphatic rings. The molecule has 0 radical (unpaired) electrons. The Bertz CT molecular complexity index is 338. The lowest BCUT2D eigenvalue weighted by molar-refractivity contribution is 0.432. The highest BCUT2D eigenvalue weighted by molar-refractivity contribution is 5.58. The van der Waals surface area contributed by atoms with Gasteiger partial charge in [-0.25, -0.2) is 9.97 Å². The number of hydrogen-bond acceptors (Lipinski definition) is 4. The molecule has 2 heterocycles. The van der Waals surface area contributed by atoms with Crippen molar-refractivity contribution in [1.82, 2.24) is 9.97 Å². The number of hydrogen-bond donors (Lipinski definition) is 1. The molecule has 0 saturated carbocycles. The lowest BCUT2D eigenvalue weighted by Gasteiger charge is -2.36. The van der Waals surface area contributed by atoms with E-state index in [1.807, 2.05) is 0 Å². The zero-order valence-electron chi connectivity index (χ0n) is 9.89. The molecule has 1 aliphatic heterocycles. The Morgan fingerprint density at radius 2 is 2.19 bits per heavy atom. The fraction of sp³-hybridized carbons (Fsp3) is 0.667. The average Bonchev–Trinajstić information content (AvgIpc) is 2.31. The molecule has 0 aliphatic carbocycles. The lowest BCUT2D eigenvalue weighted by Crippen LogP contribution is -2.40. The zero-order chi connectivity index (χ0) is 11.4. The second kappa shape index (κ2) is 5.14. The number of rotatable bonds is 3. The monoisotopic (exact) mass is 220 g/mol. The molecule has 4 heteroatoms. The van der Waals surface area contributed by atoms with Gasteiger partial charge in [-0.3, -0.25) is 0 Å². The highest BCUT2D eigenvalue weighted by atomic mass is 15.2. The van der Waals surface area contributed by atoms with Crippen LogP contribution in [0.3, 0.4) is 0 Å². The van der Waals surface area contributed by atoms with Gasteiger partial charge in [0.2, 0.25) is 0 Å². The summed E-state index contributed by atoms with van der Waals surface area (Å²) in [6.45, 7) is 3.29. The SMILES string of the molecule is CCCC1CCCCN1c1nccnc1N.